The van der Waals surface area contributed by atoms with Gasteiger partial charge in [0, 0.05) is 23.5 Å². The van der Waals surface area contributed by atoms with Crippen LogP contribution >= 0.6 is 11.8 Å². The molecule has 156 valence electrons. The van der Waals surface area contributed by atoms with Crippen molar-refractivity contribution in [1.82, 2.24) is 14.8 Å². The third-order valence-electron chi connectivity index (χ3n) is 4.31. The van der Waals surface area contributed by atoms with Crippen molar-refractivity contribution in [2.24, 2.45) is 0 Å². The number of Topliss-reactive ketones (excluding diaryl/α,β-unsaturated/α-hetero) is 1. The first-order valence-electron chi connectivity index (χ1n) is 9.41. The van der Waals surface area contributed by atoms with Gasteiger partial charge in [-0.15, -0.1) is 10.2 Å². The molecule has 0 saturated heterocycles. The van der Waals surface area contributed by atoms with Gasteiger partial charge in [0.1, 0.15) is 5.82 Å². The van der Waals surface area contributed by atoms with Crippen molar-refractivity contribution < 1.29 is 14.0 Å². The summed E-state index contributed by atoms with van der Waals surface area (Å²) in [6, 6.07) is 12.9. The van der Waals surface area contributed by atoms with Gasteiger partial charge in [0.2, 0.25) is 5.91 Å². The zero-order valence-corrected chi connectivity index (χ0v) is 17.5. The van der Waals surface area contributed by atoms with E-state index in [2.05, 4.69) is 20.8 Å². The van der Waals surface area contributed by atoms with Crippen molar-refractivity contribution in [3.05, 3.63) is 65.7 Å². The standard InChI is InChI=1S/C21H22FN5O2S/c1-3-27-19(12-23-17-10-6-16(22)7-11-17)25-26-21(27)30-13-20(29)24-18-8-4-15(5-9-18)14(2)28/h4-11,23H,3,12-13H2,1-2H3,(H,24,29). The number of anilines is 2. The average Bonchev–Trinajstić information content (AvgIpc) is 3.14. The summed E-state index contributed by atoms with van der Waals surface area (Å²) in [5.41, 5.74) is 2.01. The minimum Gasteiger partial charge on any atom is -0.378 e. The van der Waals surface area contributed by atoms with E-state index in [0.717, 1.165) is 11.5 Å². The zero-order valence-electron chi connectivity index (χ0n) is 16.7. The predicted octanol–water partition coefficient (Wildman–Crippen LogP) is 3.98. The van der Waals surface area contributed by atoms with Gasteiger partial charge in [0.05, 0.1) is 12.3 Å². The van der Waals surface area contributed by atoms with Crippen LogP contribution in [0.25, 0.3) is 0 Å². The Balaban J connectivity index is 1.55. The fraction of sp³-hybridized carbons (Fsp3) is 0.238. The first-order chi connectivity index (χ1) is 14.5. The second-order valence-electron chi connectivity index (χ2n) is 6.47. The topological polar surface area (TPSA) is 88.9 Å². The number of aromatic nitrogens is 3. The van der Waals surface area contributed by atoms with Crippen molar-refractivity contribution >= 4 is 34.8 Å². The summed E-state index contributed by atoms with van der Waals surface area (Å²) in [6.45, 7) is 4.56. The molecule has 0 radical (unpaired) electrons. The number of amides is 1. The van der Waals surface area contributed by atoms with E-state index in [4.69, 9.17) is 0 Å². The second kappa shape index (κ2) is 10.0. The van der Waals surface area contributed by atoms with E-state index in [1.807, 2.05) is 11.5 Å². The van der Waals surface area contributed by atoms with Crippen LogP contribution in [-0.2, 0) is 17.9 Å². The number of carbonyl (C=O) groups excluding carboxylic acids is 2. The lowest BCUT2D eigenvalue weighted by atomic mass is 10.1. The molecule has 3 rings (SSSR count). The first kappa shape index (κ1) is 21.5. The Morgan fingerprint density at radius 2 is 1.70 bits per heavy atom. The SMILES string of the molecule is CCn1c(CNc2ccc(F)cc2)nnc1SCC(=O)Nc1ccc(C(C)=O)cc1. The number of thioether (sulfide) groups is 1. The van der Waals surface area contributed by atoms with E-state index < -0.39 is 0 Å². The molecule has 0 spiro atoms. The molecule has 1 heterocycles. The molecule has 0 aliphatic rings. The lowest BCUT2D eigenvalue weighted by Gasteiger charge is -2.09. The number of halogens is 1. The summed E-state index contributed by atoms with van der Waals surface area (Å²) in [5, 5.41) is 15.0. The molecule has 9 heteroatoms. The lowest BCUT2D eigenvalue weighted by Crippen LogP contribution is -2.15. The lowest BCUT2D eigenvalue weighted by molar-refractivity contribution is -0.113. The number of carbonyl (C=O) groups is 2. The van der Waals surface area contributed by atoms with Crippen LogP contribution in [0.4, 0.5) is 15.8 Å². The van der Waals surface area contributed by atoms with Crippen LogP contribution < -0.4 is 10.6 Å². The minimum absolute atomic E-state index is 0.0212. The molecule has 7 nitrogen and oxygen atoms in total. The monoisotopic (exact) mass is 427 g/mol. The fourth-order valence-corrected chi connectivity index (χ4v) is 3.56. The van der Waals surface area contributed by atoms with Gasteiger partial charge in [0.15, 0.2) is 16.8 Å². The summed E-state index contributed by atoms with van der Waals surface area (Å²) in [4.78, 5) is 23.6. The Morgan fingerprint density at radius 1 is 1.03 bits per heavy atom. The Hall–Kier alpha value is -3.20. The second-order valence-corrected chi connectivity index (χ2v) is 7.42. The number of rotatable bonds is 9. The molecular formula is C21H22FN5O2S. The molecule has 0 unspecified atom stereocenters. The molecule has 0 atom stereocenters. The van der Waals surface area contributed by atoms with Crippen LogP contribution in [0.2, 0.25) is 0 Å². The van der Waals surface area contributed by atoms with Gasteiger partial charge in [-0.25, -0.2) is 4.39 Å². The van der Waals surface area contributed by atoms with Gasteiger partial charge in [0.25, 0.3) is 0 Å². The van der Waals surface area contributed by atoms with Gasteiger partial charge in [-0.1, -0.05) is 11.8 Å². The maximum absolute atomic E-state index is 13.0. The van der Waals surface area contributed by atoms with Crippen molar-refractivity contribution in [3.63, 3.8) is 0 Å². The van der Waals surface area contributed by atoms with Gasteiger partial charge in [-0.05, 0) is 62.4 Å². The number of hydrogen-bond donors (Lipinski definition) is 2. The molecule has 2 aromatic carbocycles. The van der Waals surface area contributed by atoms with Crippen LogP contribution in [0, 0.1) is 5.82 Å². The molecule has 0 fully saturated rings. The van der Waals surface area contributed by atoms with Crippen LogP contribution in [0.1, 0.15) is 30.0 Å². The van der Waals surface area contributed by atoms with E-state index in [0.29, 0.717) is 29.5 Å². The first-order valence-corrected chi connectivity index (χ1v) is 10.4. The van der Waals surface area contributed by atoms with E-state index >= 15 is 0 Å². The molecule has 0 aliphatic carbocycles. The summed E-state index contributed by atoms with van der Waals surface area (Å²) >= 11 is 1.30. The van der Waals surface area contributed by atoms with E-state index in [9.17, 15) is 14.0 Å². The minimum atomic E-state index is -0.288. The van der Waals surface area contributed by atoms with Crippen LogP contribution in [0.15, 0.2) is 53.7 Å². The Bertz CT molecular complexity index is 1020. The highest BCUT2D eigenvalue weighted by Crippen LogP contribution is 2.19. The molecule has 0 bridgehead atoms. The highest BCUT2D eigenvalue weighted by molar-refractivity contribution is 7.99. The number of nitrogens with one attached hydrogen (secondary N) is 2. The van der Waals surface area contributed by atoms with Crippen LogP contribution in [0.5, 0.6) is 0 Å². The molecule has 30 heavy (non-hydrogen) atoms. The summed E-state index contributed by atoms with van der Waals surface area (Å²) in [7, 11) is 0. The molecule has 0 saturated carbocycles. The Labute approximate surface area is 178 Å². The number of benzene rings is 2. The molecule has 0 aliphatic heterocycles. The third kappa shape index (κ3) is 5.66. The van der Waals surface area contributed by atoms with Gasteiger partial charge in [-0.3, -0.25) is 9.59 Å². The number of nitrogens with zero attached hydrogens (tertiary/aromatic N) is 3. The van der Waals surface area contributed by atoms with Gasteiger partial charge >= 0.3 is 0 Å². The van der Waals surface area contributed by atoms with Gasteiger partial charge < -0.3 is 15.2 Å². The van der Waals surface area contributed by atoms with Crippen molar-refractivity contribution in [1.29, 1.82) is 0 Å². The van der Waals surface area contributed by atoms with Crippen molar-refractivity contribution in [3.8, 4) is 0 Å². The number of hydrogen-bond acceptors (Lipinski definition) is 6. The number of ketones is 1. The molecule has 1 amide bonds. The maximum Gasteiger partial charge on any atom is 0.234 e. The molecular weight excluding hydrogens is 405 g/mol. The molecule has 1 aromatic heterocycles. The summed E-state index contributed by atoms with van der Waals surface area (Å²) in [5.74, 6) is 0.422. The quantitative estimate of drug-likeness (QED) is 0.397. The highest BCUT2D eigenvalue weighted by Gasteiger charge is 2.13. The zero-order chi connectivity index (χ0) is 21.5. The van der Waals surface area contributed by atoms with Gasteiger partial charge in [-0.2, -0.15) is 0 Å². The van der Waals surface area contributed by atoms with Crippen LogP contribution in [-0.4, -0.2) is 32.2 Å². The van der Waals surface area contributed by atoms with Crippen LogP contribution in [0.3, 0.4) is 0 Å². The Morgan fingerprint density at radius 3 is 2.33 bits per heavy atom. The highest BCUT2D eigenvalue weighted by atomic mass is 32.2. The van der Waals surface area contributed by atoms with E-state index in [-0.39, 0.29) is 23.3 Å². The summed E-state index contributed by atoms with van der Waals surface area (Å²) < 4.78 is 14.9. The Kier molecular flexibility index (Phi) is 7.18. The third-order valence-corrected chi connectivity index (χ3v) is 5.28. The molecule has 2 N–H and O–H groups in total. The van der Waals surface area contributed by atoms with E-state index in [1.165, 1.54) is 30.8 Å². The average molecular weight is 428 g/mol. The summed E-state index contributed by atoms with van der Waals surface area (Å²) in [6.07, 6.45) is 0. The normalized spacial score (nSPS) is 10.6. The van der Waals surface area contributed by atoms with E-state index in [1.54, 1.807) is 36.4 Å². The van der Waals surface area contributed by atoms with Crippen molar-refractivity contribution in [2.45, 2.75) is 32.1 Å². The fourth-order valence-electron chi connectivity index (χ4n) is 2.74. The largest absolute Gasteiger partial charge is 0.378 e. The molecule has 3 aromatic rings. The maximum atomic E-state index is 13.0. The van der Waals surface area contributed by atoms with Crippen molar-refractivity contribution in [2.75, 3.05) is 16.4 Å². The predicted molar refractivity (Wildman–Crippen MR) is 115 cm³/mol. The smallest absolute Gasteiger partial charge is 0.234 e.